The second kappa shape index (κ2) is 4.45. The van der Waals surface area contributed by atoms with Gasteiger partial charge in [0.15, 0.2) is 0 Å². The number of nitrogens with one attached hydrogen (secondary N) is 1. The molecule has 4 aromatic heterocycles. The average Bonchev–Trinajstić information content (AvgIpc) is 3.09. The summed E-state index contributed by atoms with van der Waals surface area (Å²) in [4.78, 5) is 7.71. The monoisotopic (exact) mass is 277 g/mol. The van der Waals surface area contributed by atoms with E-state index in [-0.39, 0.29) is 6.17 Å². The molecule has 0 unspecified atom stereocenters. The molecule has 0 aromatic carbocycles. The molecule has 1 N–H and O–H groups in total. The molecule has 0 atom stereocenters. The summed E-state index contributed by atoms with van der Waals surface area (Å²) in [6.07, 6.45) is 6.03. The lowest BCUT2D eigenvalue weighted by Crippen LogP contribution is -1.96. The Kier molecular flexibility index (Phi) is 2.35. The number of pyridine rings is 2. The Balaban J connectivity index is 2.00. The second-order valence-corrected chi connectivity index (χ2v) is 5.54. The Morgan fingerprint density at radius 3 is 3.05 bits per heavy atom. The van der Waals surface area contributed by atoms with Crippen molar-refractivity contribution < 1.29 is 1.37 Å². The van der Waals surface area contributed by atoms with E-state index >= 15 is 0 Å². The largest absolute Gasteiger partial charge is 0.346 e. The van der Waals surface area contributed by atoms with Crippen LogP contribution in [0, 0.1) is 0 Å². The number of rotatable bonds is 2. The van der Waals surface area contributed by atoms with Crippen molar-refractivity contribution in [1.82, 2.24) is 19.6 Å². The van der Waals surface area contributed by atoms with Crippen LogP contribution in [0.4, 0.5) is 0 Å². The first kappa shape index (κ1) is 11.1. The van der Waals surface area contributed by atoms with E-state index in [0.717, 1.165) is 22.3 Å². The van der Waals surface area contributed by atoms with Crippen molar-refractivity contribution in [2.45, 2.75) is 19.8 Å². The van der Waals surface area contributed by atoms with Crippen LogP contribution in [0.5, 0.6) is 0 Å². The van der Waals surface area contributed by atoms with Crippen LogP contribution in [0.1, 0.15) is 26.7 Å². The predicted octanol–water partition coefficient (Wildman–Crippen LogP) is 4.00. The minimum atomic E-state index is 0.278. The van der Waals surface area contributed by atoms with E-state index in [4.69, 9.17) is 1.37 Å². The van der Waals surface area contributed by atoms with Gasteiger partial charge >= 0.3 is 0 Å². The zero-order chi connectivity index (χ0) is 15.3. The minimum Gasteiger partial charge on any atom is -0.346 e. The molecule has 4 heteroatoms. The zero-order valence-corrected chi connectivity index (χ0v) is 12.0. The highest BCUT2D eigenvalue weighted by atomic mass is 15.2. The fraction of sp³-hybridized carbons (Fsp3) is 0.176. The molecule has 4 aromatic rings. The molecule has 0 radical (unpaired) electrons. The number of aromatic amines is 1. The molecule has 4 heterocycles. The maximum absolute atomic E-state index is 7.65. The fourth-order valence-corrected chi connectivity index (χ4v) is 2.91. The van der Waals surface area contributed by atoms with Crippen molar-refractivity contribution in [3.63, 3.8) is 0 Å². The summed E-state index contributed by atoms with van der Waals surface area (Å²) in [7, 11) is 0. The number of H-pyrrole nitrogens is 1. The summed E-state index contributed by atoms with van der Waals surface area (Å²) in [6, 6.07) is 7.94. The van der Waals surface area contributed by atoms with E-state index in [2.05, 4.69) is 41.0 Å². The van der Waals surface area contributed by atoms with E-state index in [1.807, 2.05) is 24.7 Å². The van der Waals surface area contributed by atoms with Crippen LogP contribution in [-0.4, -0.2) is 19.6 Å². The van der Waals surface area contributed by atoms with Crippen molar-refractivity contribution in [1.29, 1.82) is 0 Å². The predicted molar refractivity (Wildman–Crippen MR) is 84.4 cm³/mol. The topological polar surface area (TPSA) is 46.0 Å². The minimum absolute atomic E-state index is 0.278. The summed E-state index contributed by atoms with van der Waals surface area (Å²) < 4.78 is 9.37. The van der Waals surface area contributed by atoms with Gasteiger partial charge in [0.2, 0.25) is 0 Å². The second-order valence-electron chi connectivity index (χ2n) is 5.54. The van der Waals surface area contributed by atoms with E-state index in [0.29, 0.717) is 5.92 Å². The third-order valence-corrected chi connectivity index (χ3v) is 3.86. The van der Waals surface area contributed by atoms with Gasteiger partial charge in [-0.15, -0.1) is 0 Å². The third-order valence-electron chi connectivity index (χ3n) is 3.86. The first-order valence-corrected chi connectivity index (χ1v) is 7.06. The van der Waals surface area contributed by atoms with Crippen LogP contribution in [0.3, 0.4) is 0 Å². The van der Waals surface area contributed by atoms with Crippen molar-refractivity contribution in [2.24, 2.45) is 0 Å². The van der Waals surface area contributed by atoms with Gasteiger partial charge in [-0.2, -0.15) is 5.10 Å². The van der Waals surface area contributed by atoms with E-state index in [1.54, 1.807) is 10.6 Å². The van der Waals surface area contributed by atoms with E-state index in [9.17, 15) is 0 Å². The number of fused-ring (bicyclic) bond motifs is 2. The highest BCUT2D eigenvalue weighted by molar-refractivity contribution is 5.88. The zero-order valence-electron chi connectivity index (χ0n) is 13.0. The Hall–Kier alpha value is -2.62. The van der Waals surface area contributed by atoms with Crippen molar-refractivity contribution in [2.75, 3.05) is 0 Å². The number of aromatic nitrogens is 4. The van der Waals surface area contributed by atoms with Gasteiger partial charge in [0.25, 0.3) is 0 Å². The molecule has 0 amide bonds. The third kappa shape index (κ3) is 1.83. The molecule has 0 saturated carbocycles. The molecule has 21 heavy (non-hydrogen) atoms. The maximum Gasteiger partial charge on any atom is 0.137 e. The van der Waals surface area contributed by atoms with Gasteiger partial charge in [0.05, 0.1) is 6.89 Å². The Morgan fingerprint density at radius 1 is 1.29 bits per heavy atom. The molecule has 0 aliphatic heterocycles. The van der Waals surface area contributed by atoms with Crippen molar-refractivity contribution in [3.05, 3.63) is 54.6 Å². The highest BCUT2D eigenvalue weighted by Crippen LogP contribution is 2.34. The van der Waals surface area contributed by atoms with Gasteiger partial charge < -0.3 is 4.98 Å². The lowest BCUT2D eigenvalue weighted by Gasteiger charge is -2.14. The van der Waals surface area contributed by atoms with Gasteiger partial charge in [0, 0.05) is 35.7 Å². The van der Waals surface area contributed by atoms with Crippen LogP contribution in [-0.2, 0) is 0 Å². The molecule has 104 valence electrons. The van der Waals surface area contributed by atoms with Crippen LogP contribution in [0.25, 0.3) is 27.7 Å². The van der Waals surface area contributed by atoms with Gasteiger partial charge in [0.1, 0.15) is 5.65 Å². The van der Waals surface area contributed by atoms with Crippen LogP contribution in [0.15, 0.2) is 49.0 Å². The summed E-state index contributed by atoms with van der Waals surface area (Å²) >= 11 is 0. The Bertz CT molecular complexity index is 981. The first-order valence-electron chi connectivity index (χ1n) is 7.56. The lowest BCUT2D eigenvalue weighted by molar-refractivity contribution is 0.876. The van der Waals surface area contributed by atoms with Gasteiger partial charge in [-0.25, -0.2) is 9.50 Å². The molecule has 0 saturated heterocycles. The Morgan fingerprint density at radius 2 is 2.19 bits per heavy atom. The normalized spacial score (nSPS) is 12.4. The van der Waals surface area contributed by atoms with E-state index in [1.165, 1.54) is 10.9 Å². The summed E-state index contributed by atoms with van der Waals surface area (Å²) in [6.45, 7) is 4.40. The number of hydrogen-bond donors (Lipinski definition) is 1. The smallest absolute Gasteiger partial charge is 0.137 e. The van der Waals surface area contributed by atoms with Crippen LogP contribution < -0.4 is 0 Å². The van der Waals surface area contributed by atoms with Crippen LogP contribution >= 0.6 is 0 Å². The molecule has 0 spiro atoms. The number of nitrogens with zero attached hydrogens (tertiary/aromatic N) is 3. The summed E-state index contributed by atoms with van der Waals surface area (Å²) in [5.41, 5.74) is 5.38. The first-order chi connectivity index (χ1) is 10.6. The van der Waals surface area contributed by atoms with Gasteiger partial charge in [-0.3, -0.25) is 0 Å². The van der Waals surface area contributed by atoms with E-state index < -0.39 is 0 Å². The SMILES string of the molecule is [2H]c1cc2cc(-c3cnc4[nH]ccc4c3C(C)C)ccn2n1. The van der Waals surface area contributed by atoms with Crippen molar-refractivity contribution >= 4 is 16.6 Å². The molecular weight excluding hydrogens is 260 g/mol. The molecule has 0 fully saturated rings. The molecule has 4 rings (SSSR count). The average molecular weight is 277 g/mol. The molecule has 0 aliphatic rings. The Labute approximate surface area is 123 Å². The van der Waals surface area contributed by atoms with Crippen LogP contribution in [0.2, 0.25) is 0 Å². The quantitative estimate of drug-likeness (QED) is 0.602. The number of hydrogen-bond acceptors (Lipinski definition) is 2. The molecular formula is C17H16N4. The molecule has 0 aliphatic carbocycles. The molecule has 0 bridgehead atoms. The summed E-state index contributed by atoms with van der Waals surface area (Å²) in [5.74, 6) is 0.393. The molecule has 4 nitrogen and oxygen atoms in total. The van der Waals surface area contributed by atoms with Crippen molar-refractivity contribution in [3.8, 4) is 11.1 Å². The highest BCUT2D eigenvalue weighted by Gasteiger charge is 2.14. The fourth-order valence-electron chi connectivity index (χ4n) is 2.91. The van der Waals surface area contributed by atoms with Gasteiger partial charge in [-0.1, -0.05) is 13.8 Å². The van der Waals surface area contributed by atoms with Gasteiger partial charge in [-0.05, 0) is 41.3 Å². The standard InChI is InChI=1S/C17H16N4/c1-11(2)16-14-4-6-18-17(14)19-10-15(16)12-5-8-21-13(9-12)3-7-20-21/h3-11H,1-2H3,(H,18,19)/i7D. The summed E-state index contributed by atoms with van der Waals surface area (Å²) in [5, 5.41) is 5.28. The maximum atomic E-state index is 7.65. The lowest BCUT2D eigenvalue weighted by atomic mass is 9.92.